The Hall–Kier alpha value is -1.37. The van der Waals surface area contributed by atoms with Gasteiger partial charge in [-0.15, -0.1) is 0 Å². The molecule has 14 nitrogen and oxygen atoms in total. The summed E-state index contributed by atoms with van der Waals surface area (Å²) in [6.07, 6.45) is -11.9. The zero-order chi connectivity index (χ0) is 39.9. The number of aliphatic hydroxyl groups is 5. The first-order valence-corrected chi connectivity index (χ1v) is 18.5. The minimum atomic E-state index is -2.77. The van der Waals surface area contributed by atoms with Gasteiger partial charge in [0.25, 0.3) is 0 Å². The lowest BCUT2D eigenvalue weighted by Crippen LogP contribution is -2.62. The molecule has 3 saturated heterocycles. The van der Waals surface area contributed by atoms with E-state index in [9.17, 15) is 35.1 Å². The molecule has 0 radical (unpaired) electrons. The van der Waals surface area contributed by atoms with Crippen molar-refractivity contribution < 1.29 is 67.9 Å². The third-order valence-corrected chi connectivity index (χ3v) is 11.8. The van der Waals surface area contributed by atoms with Crippen LogP contribution in [0.25, 0.3) is 0 Å². The normalized spacial score (nSPS) is 50.5. The molecular weight excluding hydrogens is 685 g/mol. The highest BCUT2D eigenvalue weighted by atomic mass is 19.1. The van der Waals surface area contributed by atoms with Crippen molar-refractivity contribution in [2.24, 2.45) is 17.8 Å². The molecule has 0 aromatic rings. The zero-order valence-electron chi connectivity index (χ0n) is 33.2. The van der Waals surface area contributed by atoms with Crippen LogP contribution in [-0.2, 0) is 38.0 Å². The van der Waals surface area contributed by atoms with E-state index in [0.29, 0.717) is 6.42 Å². The predicted molar refractivity (Wildman–Crippen MR) is 187 cm³/mol. The minimum absolute atomic E-state index is 0.0296. The van der Waals surface area contributed by atoms with Gasteiger partial charge in [-0.3, -0.25) is 9.59 Å². The maximum Gasteiger partial charge on any atom is 0.311 e. The number of rotatable bonds is 7. The fraction of sp³-hybridized carbons (Fsp3) is 0.946. The van der Waals surface area contributed by atoms with Crippen LogP contribution in [0.1, 0.15) is 94.9 Å². The summed E-state index contributed by atoms with van der Waals surface area (Å²) in [4.78, 5) is 29.6. The number of hydrogen-bond acceptors (Lipinski definition) is 14. The molecule has 14 unspecified atom stereocenters. The summed E-state index contributed by atoms with van der Waals surface area (Å²) in [5.74, 6) is -5.61. The number of alkyl halides is 1. The second-order valence-electron chi connectivity index (χ2n) is 16.7. The van der Waals surface area contributed by atoms with E-state index < -0.39 is 120 Å². The smallest absolute Gasteiger partial charge is 0.311 e. The first-order chi connectivity index (χ1) is 23.7. The Morgan fingerprint density at radius 3 is 2.06 bits per heavy atom. The molecule has 0 bridgehead atoms. The van der Waals surface area contributed by atoms with E-state index in [4.69, 9.17) is 28.4 Å². The third kappa shape index (κ3) is 9.35. The summed E-state index contributed by atoms with van der Waals surface area (Å²) >= 11 is 0. The minimum Gasteiger partial charge on any atom is -0.459 e. The van der Waals surface area contributed by atoms with Crippen molar-refractivity contribution in [2.75, 3.05) is 21.2 Å². The van der Waals surface area contributed by atoms with Crippen molar-refractivity contribution in [2.45, 2.75) is 185 Å². The Kier molecular flexibility index (Phi) is 14.5. The van der Waals surface area contributed by atoms with Crippen molar-refractivity contribution in [1.82, 2.24) is 4.90 Å². The highest BCUT2D eigenvalue weighted by Gasteiger charge is 2.56. The molecular formula is C37H66FNO13. The van der Waals surface area contributed by atoms with Gasteiger partial charge in [-0.05, 0) is 75.4 Å². The van der Waals surface area contributed by atoms with Crippen molar-refractivity contribution in [3.8, 4) is 0 Å². The van der Waals surface area contributed by atoms with Gasteiger partial charge >= 0.3 is 5.97 Å². The molecule has 3 rings (SSSR count). The van der Waals surface area contributed by atoms with Crippen LogP contribution in [0.4, 0.5) is 4.39 Å². The average Bonchev–Trinajstić information content (AvgIpc) is 3.05. The summed E-state index contributed by atoms with van der Waals surface area (Å²) in [6.45, 7) is 14.7. The van der Waals surface area contributed by atoms with E-state index in [0.717, 1.165) is 6.92 Å². The van der Waals surface area contributed by atoms with Crippen molar-refractivity contribution in [1.29, 1.82) is 0 Å². The Labute approximate surface area is 308 Å². The number of ether oxygens (including phenoxy) is 6. The summed E-state index contributed by atoms with van der Waals surface area (Å²) in [5, 5.41) is 57.4. The molecule has 15 heteroatoms. The highest BCUT2D eigenvalue weighted by Crippen LogP contribution is 2.42. The summed E-state index contributed by atoms with van der Waals surface area (Å²) in [6, 6.07) is -0.405. The molecule has 0 saturated carbocycles. The standard InChI is InChI=1S/C37H66FNO13/c1-14-24-37(10,46)29(42)21(5)28(41)34(7,38)17-35(8,45)31(52-33-26(40)23(39(11)12)15-18(2)48-33)19(3)27(20(4)32(44)50-24)51-25-16-36(9,47-13)30(43)22(6)49-25/h18-27,29-31,33,40,42-43,45-46H,14-17H2,1-13H3/t18?,19?,20?,21?,22?,23?,24?,25?,26?,27?,29?,30?,31?,33?,34-,35+,36+,37+/m0/s1. The second-order valence-corrected chi connectivity index (χ2v) is 16.7. The van der Waals surface area contributed by atoms with Gasteiger partial charge < -0.3 is 58.9 Å². The number of carbonyl (C=O) groups is 2. The lowest BCUT2D eigenvalue weighted by molar-refractivity contribution is -0.318. The van der Waals surface area contributed by atoms with Crippen LogP contribution < -0.4 is 0 Å². The van der Waals surface area contributed by atoms with E-state index in [1.165, 1.54) is 34.8 Å². The van der Waals surface area contributed by atoms with E-state index in [1.807, 2.05) is 11.8 Å². The molecule has 304 valence electrons. The fourth-order valence-corrected chi connectivity index (χ4v) is 8.45. The van der Waals surface area contributed by atoms with Crippen molar-refractivity contribution >= 4 is 11.8 Å². The number of cyclic esters (lactones) is 1. The molecule has 52 heavy (non-hydrogen) atoms. The maximum atomic E-state index is 16.8. The summed E-state index contributed by atoms with van der Waals surface area (Å²) < 4.78 is 53.4. The van der Waals surface area contributed by atoms with Crippen LogP contribution in [0, 0.1) is 17.8 Å². The summed E-state index contributed by atoms with van der Waals surface area (Å²) in [7, 11) is 5.04. The molecule has 3 aliphatic rings. The number of ketones is 1. The van der Waals surface area contributed by atoms with Gasteiger partial charge in [0.1, 0.15) is 23.9 Å². The number of nitrogens with zero attached hydrogens (tertiary/aromatic N) is 1. The maximum absolute atomic E-state index is 16.8. The largest absolute Gasteiger partial charge is 0.459 e. The zero-order valence-corrected chi connectivity index (χ0v) is 33.2. The number of halogens is 1. The van der Waals surface area contributed by atoms with Gasteiger partial charge in [0.15, 0.2) is 24.0 Å². The molecule has 3 heterocycles. The fourth-order valence-electron chi connectivity index (χ4n) is 8.45. The van der Waals surface area contributed by atoms with E-state index in [2.05, 4.69) is 0 Å². The monoisotopic (exact) mass is 751 g/mol. The van der Waals surface area contributed by atoms with Crippen LogP contribution in [0.5, 0.6) is 0 Å². The van der Waals surface area contributed by atoms with E-state index in [1.54, 1.807) is 41.8 Å². The number of likely N-dealkylation sites (N-methyl/N-ethyl adjacent to an activating group) is 1. The molecule has 0 aliphatic carbocycles. The van der Waals surface area contributed by atoms with Crippen LogP contribution >= 0.6 is 0 Å². The first-order valence-electron chi connectivity index (χ1n) is 18.5. The van der Waals surface area contributed by atoms with Crippen LogP contribution in [0.3, 0.4) is 0 Å². The molecule has 0 spiro atoms. The first kappa shape index (κ1) is 45.0. The predicted octanol–water partition coefficient (Wildman–Crippen LogP) is 1.88. The van der Waals surface area contributed by atoms with Gasteiger partial charge in [-0.2, -0.15) is 0 Å². The number of Topliss-reactive ketones (excluding diaryl/α,β-unsaturated/α-hetero) is 1. The number of hydrogen-bond donors (Lipinski definition) is 5. The molecule has 0 amide bonds. The molecule has 3 fully saturated rings. The van der Waals surface area contributed by atoms with E-state index >= 15 is 4.39 Å². The Bertz CT molecular complexity index is 1220. The van der Waals surface area contributed by atoms with Gasteiger partial charge in [-0.25, -0.2) is 4.39 Å². The van der Waals surface area contributed by atoms with Crippen molar-refractivity contribution in [3.05, 3.63) is 0 Å². The molecule has 18 atom stereocenters. The van der Waals surface area contributed by atoms with Crippen LogP contribution in [0.2, 0.25) is 0 Å². The van der Waals surface area contributed by atoms with Crippen LogP contribution in [-0.4, -0.2) is 153 Å². The van der Waals surface area contributed by atoms with Gasteiger partial charge in [0.2, 0.25) is 0 Å². The van der Waals surface area contributed by atoms with Gasteiger partial charge in [0.05, 0.1) is 47.6 Å². The Balaban J connectivity index is 2.22. The van der Waals surface area contributed by atoms with Crippen LogP contribution in [0.15, 0.2) is 0 Å². The van der Waals surface area contributed by atoms with Gasteiger partial charge in [0, 0.05) is 37.8 Å². The molecule has 3 aliphatic heterocycles. The lowest BCUT2D eigenvalue weighted by atomic mass is 9.73. The number of methoxy groups -OCH3 is 1. The number of esters is 1. The molecule has 0 aromatic heterocycles. The van der Waals surface area contributed by atoms with Gasteiger partial charge in [-0.1, -0.05) is 20.8 Å². The highest BCUT2D eigenvalue weighted by molar-refractivity contribution is 5.89. The quantitative estimate of drug-likeness (QED) is 0.237. The number of aliphatic hydroxyl groups excluding tert-OH is 3. The topological polar surface area (TPSA) is 194 Å². The summed E-state index contributed by atoms with van der Waals surface area (Å²) in [5.41, 5.74) is -8.26. The molecule has 0 aromatic carbocycles. The second kappa shape index (κ2) is 16.8. The van der Waals surface area contributed by atoms with Crippen molar-refractivity contribution in [3.63, 3.8) is 0 Å². The SMILES string of the molecule is CCC1OC(=O)C(C)C(OC2C[C@@](C)(OC)C(O)C(C)O2)C(C)C(OC2OC(C)CC(N(C)C)C2O)[C@](C)(O)C[C@](C)(F)C(=O)C(C)C(O)[C@]1(C)O. The third-order valence-electron chi connectivity index (χ3n) is 11.8. The average molecular weight is 752 g/mol. The van der Waals surface area contributed by atoms with E-state index in [-0.39, 0.29) is 18.9 Å². The Morgan fingerprint density at radius 2 is 1.52 bits per heavy atom. The Morgan fingerprint density at radius 1 is 0.923 bits per heavy atom. The lowest BCUT2D eigenvalue weighted by Gasteiger charge is -2.49. The number of carbonyl (C=O) groups excluding carboxylic acids is 2. The molecule has 5 N–H and O–H groups in total.